The van der Waals surface area contributed by atoms with Gasteiger partial charge in [-0.3, -0.25) is 0 Å². The van der Waals surface area contributed by atoms with Crippen LogP contribution in [0.2, 0.25) is 0 Å². The molecule has 0 aromatic carbocycles. The highest BCUT2D eigenvalue weighted by atomic mass is 14.9. The predicted molar refractivity (Wildman–Crippen MR) is 34.8 cm³/mol. The standard InChI is InChI=1S/C7H11N/c1-2-7-3-5-8-6-4-7/h8H,1,3-6H2. The number of piperidine rings is 1. The summed E-state index contributed by atoms with van der Waals surface area (Å²) in [7, 11) is 0. The van der Waals surface area contributed by atoms with Crippen LogP contribution >= 0.6 is 0 Å². The topological polar surface area (TPSA) is 12.0 Å². The summed E-state index contributed by atoms with van der Waals surface area (Å²) < 4.78 is 0. The third-order valence-corrected chi connectivity index (χ3v) is 1.46. The van der Waals surface area contributed by atoms with Gasteiger partial charge in [-0.05, 0) is 31.5 Å². The molecule has 0 atom stereocenters. The van der Waals surface area contributed by atoms with Gasteiger partial charge in [0.05, 0.1) is 0 Å². The molecule has 8 heavy (non-hydrogen) atoms. The third kappa shape index (κ3) is 1.22. The Morgan fingerprint density at radius 1 is 1.38 bits per heavy atom. The van der Waals surface area contributed by atoms with Crippen LogP contribution in [-0.2, 0) is 0 Å². The minimum Gasteiger partial charge on any atom is -0.316 e. The van der Waals surface area contributed by atoms with Gasteiger partial charge in [0.1, 0.15) is 0 Å². The van der Waals surface area contributed by atoms with E-state index in [4.69, 9.17) is 0 Å². The van der Waals surface area contributed by atoms with Gasteiger partial charge < -0.3 is 5.32 Å². The quantitative estimate of drug-likeness (QED) is 0.459. The largest absolute Gasteiger partial charge is 0.316 e. The number of rotatable bonds is 0. The van der Waals surface area contributed by atoms with Crippen LogP contribution in [-0.4, -0.2) is 13.1 Å². The van der Waals surface area contributed by atoms with E-state index in [1.807, 2.05) is 0 Å². The number of hydrogen-bond acceptors (Lipinski definition) is 1. The van der Waals surface area contributed by atoms with Crippen LogP contribution in [0.1, 0.15) is 12.8 Å². The smallest absolute Gasteiger partial charge is 0.000533 e. The second-order valence-electron chi connectivity index (χ2n) is 2.03. The Hall–Kier alpha value is -0.520. The van der Waals surface area contributed by atoms with E-state index in [1.165, 1.54) is 5.57 Å². The molecule has 0 aromatic rings. The summed E-state index contributed by atoms with van der Waals surface area (Å²) in [5.41, 5.74) is 4.31. The van der Waals surface area contributed by atoms with Crippen LogP contribution in [0, 0.1) is 0 Å². The zero-order chi connectivity index (χ0) is 5.82. The minimum atomic E-state index is 1.11. The lowest BCUT2D eigenvalue weighted by Crippen LogP contribution is -2.22. The summed E-state index contributed by atoms with van der Waals surface area (Å²) in [6.45, 7) is 5.81. The van der Waals surface area contributed by atoms with Crippen molar-refractivity contribution in [2.45, 2.75) is 12.8 Å². The average molecular weight is 109 g/mol. The van der Waals surface area contributed by atoms with Gasteiger partial charge >= 0.3 is 0 Å². The molecule has 1 aliphatic heterocycles. The Kier molecular flexibility index (Phi) is 1.90. The molecule has 0 radical (unpaired) electrons. The fourth-order valence-corrected chi connectivity index (χ4v) is 0.905. The highest BCUT2D eigenvalue weighted by Crippen LogP contribution is 2.06. The summed E-state index contributed by atoms with van der Waals surface area (Å²) in [5, 5.41) is 3.26. The maximum atomic E-state index is 3.59. The monoisotopic (exact) mass is 109 g/mol. The maximum Gasteiger partial charge on any atom is -0.000533 e. The molecule has 0 saturated carbocycles. The number of nitrogens with one attached hydrogen (secondary N) is 1. The van der Waals surface area contributed by atoms with Gasteiger partial charge in [-0.1, -0.05) is 6.58 Å². The Bertz CT molecular complexity index is 112. The first kappa shape index (κ1) is 5.61. The maximum absolute atomic E-state index is 3.59. The Labute approximate surface area is 50.1 Å². The second-order valence-corrected chi connectivity index (χ2v) is 2.03. The van der Waals surface area contributed by atoms with E-state index < -0.39 is 0 Å². The first-order valence-corrected chi connectivity index (χ1v) is 3.02. The molecule has 44 valence electrons. The van der Waals surface area contributed by atoms with Crippen molar-refractivity contribution in [1.82, 2.24) is 5.32 Å². The first-order chi connectivity index (χ1) is 3.93. The highest BCUT2D eigenvalue weighted by molar-refractivity contribution is 5.02. The van der Waals surface area contributed by atoms with E-state index >= 15 is 0 Å². The van der Waals surface area contributed by atoms with E-state index in [2.05, 4.69) is 17.6 Å². The molecule has 0 bridgehead atoms. The lowest BCUT2D eigenvalue weighted by atomic mass is 10.1. The Balaban J connectivity index is 2.45. The van der Waals surface area contributed by atoms with E-state index in [1.54, 1.807) is 0 Å². The van der Waals surface area contributed by atoms with Gasteiger partial charge in [0.2, 0.25) is 0 Å². The van der Waals surface area contributed by atoms with Crippen molar-refractivity contribution in [3.63, 3.8) is 0 Å². The van der Waals surface area contributed by atoms with Crippen molar-refractivity contribution in [2.24, 2.45) is 0 Å². The first-order valence-electron chi connectivity index (χ1n) is 3.02. The van der Waals surface area contributed by atoms with Crippen LogP contribution in [0.5, 0.6) is 0 Å². The van der Waals surface area contributed by atoms with Crippen molar-refractivity contribution < 1.29 is 0 Å². The Morgan fingerprint density at radius 3 is 2.38 bits per heavy atom. The van der Waals surface area contributed by atoms with E-state index in [-0.39, 0.29) is 0 Å². The van der Waals surface area contributed by atoms with Crippen molar-refractivity contribution in [3.05, 3.63) is 17.9 Å². The summed E-state index contributed by atoms with van der Waals surface area (Å²) in [6.07, 6.45) is 2.28. The number of hydrogen-bond donors (Lipinski definition) is 1. The minimum absolute atomic E-state index is 1.11. The zero-order valence-corrected chi connectivity index (χ0v) is 5.04. The lowest BCUT2D eigenvalue weighted by Gasteiger charge is -2.12. The molecule has 0 aromatic heterocycles. The highest BCUT2D eigenvalue weighted by Gasteiger charge is 2.00. The van der Waals surface area contributed by atoms with Crippen LogP contribution < -0.4 is 5.32 Å². The van der Waals surface area contributed by atoms with Gasteiger partial charge in [0.15, 0.2) is 0 Å². The third-order valence-electron chi connectivity index (χ3n) is 1.46. The Morgan fingerprint density at radius 2 is 2.00 bits per heavy atom. The van der Waals surface area contributed by atoms with E-state index in [0.29, 0.717) is 0 Å². The molecule has 1 fully saturated rings. The summed E-state index contributed by atoms with van der Waals surface area (Å²) in [4.78, 5) is 0. The predicted octanol–water partition coefficient (Wildman–Crippen LogP) is 1.08. The van der Waals surface area contributed by atoms with E-state index in [9.17, 15) is 0 Å². The van der Waals surface area contributed by atoms with Crippen molar-refractivity contribution in [1.29, 1.82) is 0 Å². The van der Waals surface area contributed by atoms with Crippen LogP contribution in [0.25, 0.3) is 0 Å². The fourth-order valence-electron chi connectivity index (χ4n) is 0.905. The average Bonchev–Trinajstić information content (AvgIpc) is 1.90. The lowest BCUT2D eigenvalue weighted by molar-refractivity contribution is 0.611. The molecular weight excluding hydrogens is 98.1 g/mol. The molecule has 1 N–H and O–H groups in total. The molecule has 0 unspecified atom stereocenters. The summed E-state index contributed by atoms with van der Waals surface area (Å²) in [6, 6.07) is 0. The van der Waals surface area contributed by atoms with Crippen LogP contribution in [0.15, 0.2) is 17.9 Å². The molecule has 1 saturated heterocycles. The van der Waals surface area contributed by atoms with E-state index in [0.717, 1.165) is 25.9 Å². The van der Waals surface area contributed by atoms with Crippen LogP contribution in [0.3, 0.4) is 0 Å². The van der Waals surface area contributed by atoms with Crippen molar-refractivity contribution in [2.75, 3.05) is 13.1 Å². The normalized spacial score (nSPS) is 20.2. The molecule has 0 spiro atoms. The van der Waals surface area contributed by atoms with Gasteiger partial charge in [0.25, 0.3) is 0 Å². The van der Waals surface area contributed by atoms with Gasteiger partial charge in [0, 0.05) is 0 Å². The molecule has 0 amide bonds. The van der Waals surface area contributed by atoms with Gasteiger partial charge in [-0.15, -0.1) is 5.73 Å². The second kappa shape index (κ2) is 2.71. The molecule has 1 rings (SSSR count). The molecule has 1 aliphatic rings. The van der Waals surface area contributed by atoms with Crippen molar-refractivity contribution >= 4 is 0 Å². The van der Waals surface area contributed by atoms with Gasteiger partial charge in [-0.25, -0.2) is 0 Å². The van der Waals surface area contributed by atoms with Crippen molar-refractivity contribution in [3.8, 4) is 0 Å². The summed E-state index contributed by atoms with van der Waals surface area (Å²) in [5.74, 6) is 0. The summed E-state index contributed by atoms with van der Waals surface area (Å²) >= 11 is 0. The zero-order valence-electron chi connectivity index (χ0n) is 5.04. The SMILES string of the molecule is C=C=C1CCNCC1. The fraction of sp³-hybridized carbons (Fsp3) is 0.571. The molecule has 1 heterocycles. The van der Waals surface area contributed by atoms with Gasteiger partial charge in [-0.2, -0.15) is 0 Å². The molecule has 1 nitrogen and oxygen atoms in total. The molecule has 1 heteroatoms. The van der Waals surface area contributed by atoms with Crippen LogP contribution in [0.4, 0.5) is 0 Å². The molecule has 0 aliphatic carbocycles. The molecular formula is C7H11N.